The fourth-order valence-corrected chi connectivity index (χ4v) is 3.44. The third-order valence-electron chi connectivity index (χ3n) is 5.21. The maximum absolute atomic E-state index is 12.8. The van der Waals surface area contributed by atoms with Crippen molar-refractivity contribution in [2.45, 2.75) is 45.6 Å². The Kier molecular flexibility index (Phi) is 6.22. The number of aryl methyl sites for hydroxylation is 2. The van der Waals surface area contributed by atoms with E-state index in [4.69, 9.17) is 0 Å². The monoisotopic (exact) mass is 365 g/mol. The number of aromatic nitrogens is 1. The van der Waals surface area contributed by atoms with Crippen LogP contribution in [0.2, 0.25) is 0 Å². The van der Waals surface area contributed by atoms with E-state index in [-0.39, 0.29) is 24.4 Å². The average Bonchev–Trinajstić information content (AvgIpc) is 2.87. The zero-order valence-electron chi connectivity index (χ0n) is 16.1. The number of hydrogen-bond donors (Lipinski definition) is 1. The Balaban J connectivity index is 1.79. The molecule has 0 spiro atoms. The molecule has 5 nitrogen and oxygen atoms in total. The first kappa shape index (κ1) is 19.1. The number of nitrogens with zero attached hydrogens (tertiary/aromatic N) is 2. The number of nitrogens with one attached hydrogen (secondary N) is 1. The Morgan fingerprint density at radius 1 is 1.07 bits per heavy atom. The zero-order valence-corrected chi connectivity index (χ0v) is 16.1. The van der Waals surface area contributed by atoms with Crippen molar-refractivity contribution in [2.24, 2.45) is 0 Å². The molecule has 2 heterocycles. The number of pyridine rings is 1. The topological polar surface area (TPSA) is 62.3 Å². The molecule has 0 aliphatic carbocycles. The van der Waals surface area contributed by atoms with Crippen LogP contribution in [0.1, 0.15) is 54.0 Å². The van der Waals surface area contributed by atoms with Gasteiger partial charge in [0.05, 0.1) is 12.6 Å². The van der Waals surface area contributed by atoms with E-state index >= 15 is 0 Å². The van der Waals surface area contributed by atoms with Crippen molar-refractivity contribution >= 4 is 11.8 Å². The molecule has 0 bridgehead atoms. The largest absolute Gasteiger partial charge is 0.344 e. The van der Waals surface area contributed by atoms with Crippen molar-refractivity contribution in [3.8, 4) is 0 Å². The molecule has 2 aromatic rings. The van der Waals surface area contributed by atoms with Crippen LogP contribution in [-0.2, 0) is 9.59 Å². The first-order chi connectivity index (χ1) is 13.0. The SMILES string of the molecule is Cc1ccc(C(NC(=O)CN2CCCCCC2=O)c2ccncc2)cc1C. The van der Waals surface area contributed by atoms with E-state index in [0.29, 0.717) is 13.0 Å². The Hall–Kier alpha value is -2.69. The summed E-state index contributed by atoms with van der Waals surface area (Å²) in [4.78, 5) is 30.7. The van der Waals surface area contributed by atoms with Crippen LogP contribution in [0.5, 0.6) is 0 Å². The van der Waals surface area contributed by atoms with E-state index in [9.17, 15) is 9.59 Å². The van der Waals surface area contributed by atoms with Crippen LogP contribution in [0.4, 0.5) is 0 Å². The van der Waals surface area contributed by atoms with Crippen molar-refractivity contribution < 1.29 is 9.59 Å². The summed E-state index contributed by atoms with van der Waals surface area (Å²) in [6.45, 7) is 4.92. The van der Waals surface area contributed by atoms with Gasteiger partial charge in [-0.1, -0.05) is 24.6 Å². The quantitative estimate of drug-likeness (QED) is 0.884. The summed E-state index contributed by atoms with van der Waals surface area (Å²) in [6, 6.07) is 9.79. The standard InChI is InChI=1S/C22H27N3O2/c1-16-7-8-19(14-17(16)2)22(18-9-11-23-12-10-18)24-20(26)15-25-13-5-3-4-6-21(25)27/h7-12,14,22H,3-6,13,15H2,1-2H3,(H,24,26). The molecule has 1 atom stereocenters. The van der Waals surface area contributed by atoms with E-state index in [0.717, 1.165) is 30.4 Å². The first-order valence-electron chi connectivity index (χ1n) is 9.59. The van der Waals surface area contributed by atoms with Crippen LogP contribution in [-0.4, -0.2) is 34.8 Å². The van der Waals surface area contributed by atoms with Crippen LogP contribution in [0.25, 0.3) is 0 Å². The highest BCUT2D eigenvalue weighted by Crippen LogP contribution is 2.24. The normalized spacial score (nSPS) is 15.9. The molecule has 1 aliphatic heterocycles. The minimum Gasteiger partial charge on any atom is -0.344 e. The zero-order chi connectivity index (χ0) is 19.2. The van der Waals surface area contributed by atoms with Gasteiger partial charge in [0.1, 0.15) is 0 Å². The number of hydrogen-bond acceptors (Lipinski definition) is 3. The van der Waals surface area contributed by atoms with E-state index < -0.39 is 0 Å². The average molecular weight is 365 g/mol. The van der Waals surface area contributed by atoms with Gasteiger partial charge in [0, 0.05) is 25.4 Å². The highest BCUT2D eigenvalue weighted by atomic mass is 16.2. The Bertz CT molecular complexity index is 804. The van der Waals surface area contributed by atoms with Gasteiger partial charge >= 0.3 is 0 Å². The molecular formula is C22H27N3O2. The molecule has 2 amide bonds. The van der Waals surface area contributed by atoms with Gasteiger partial charge < -0.3 is 10.2 Å². The lowest BCUT2D eigenvalue weighted by Gasteiger charge is -2.24. The second kappa shape index (κ2) is 8.80. The number of carbonyl (C=O) groups excluding carboxylic acids is 2. The van der Waals surface area contributed by atoms with Crippen LogP contribution in [0, 0.1) is 13.8 Å². The van der Waals surface area contributed by atoms with Crippen molar-refractivity contribution in [1.82, 2.24) is 15.2 Å². The van der Waals surface area contributed by atoms with Gasteiger partial charge in [-0.2, -0.15) is 0 Å². The summed E-state index contributed by atoms with van der Waals surface area (Å²) in [5.74, 6) is -0.0559. The minimum atomic E-state index is -0.262. The molecule has 0 saturated carbocycles. The molecule has 1 N–H and O–H groups in total. The van der Waals surface area contributed by atoms with Gasteiger partial charge in [-0.15, -0.1) is 0 Å². The van der Waals surface area contributed by atoms with E-state index in [1.807, 2.05) is 18.2 Å². The highest BCUT2D eigenvalue weighted by molar-refractivity contribution is 5.85. The van der Waals surface area contributed by atoms with Crippen LogP contribution >= 0.6 is 0 Å². The van der Waals surface area contributed by atoms with E-state index in [1.165, 1.54) is 11.1 Å². The Morgan fingerprint density at radius 3 is 2.59 bits per heavy atom. The lowest BCUT2D eigenvalue weighted by Crippen LogP contribution is -2.41. The van der Waals surface area contributed by atoms with Crippen LogP contribution < -0.4 is 5.32 Å². The fourth-order valence-electron chi connectivity index (χ4n) is 3.44. The molecule has 1 aromatic carbocycles. The minimum absolute atomic E-state index is 0.0780. The molecule has 3 rings (SSSR count). The summed E-state index contributed by atoms with van der Waals surface area (Å²) in [5.41, 5.74) is 4.40. The predicted octanol–water partition coefficient (Wildman–Crippen LogP) is 3.31. The lowest BCUT2D eigenvalue weighted by molar-refractivity contribution is -0.135. The predicted molar refractivity (Wildman–Crippen MR) is 105 cm³/mol. The maximum atomic E-state index is 12.8. The molecule has 0 radical (unpaired) electrons. The number of rotatable bonds is 5. The molecular weight excluding hydrogens is 338 g/mol. The molecule has 142 valence electrons. The molecule has 1 aliphatic rings. The Labute approximate surface area is 160 Å². The second-order valence-corrected chi connectivity index (χ2v) is 7.25. The van der Waals surface area contributed by atoms with Crippen molar-refractivity contribution in [1.29, 1.82) is 0 Å². The number of benzene rings is 1. The van der Waals surface area contributed by atoms with Crippen molar-refractivity contribution in [2.75, 3.05) is 13.1 Å². The molecule has 27 heavy (non-hydrogen) atoms. The smallest absolute Gasteiger partial charge is 0.240 e. The van der Waals surface area contributed by atoms with Crippen molar-refractivity contribution in [3.05, 3.63) is 65.0 Å². The molecule has 1 saturated heterocycles. The summed E-state index contributed by atoms with van der Waals surface area (Å²) in [5, 5.41) is 3.12. The van der Waals surface area contributed by atoms with E-state index in [2.05, 4.69) is 36.3 Å². The first-order valence-corrected chi connectivity index (χ1v) is 9.59. The molecule has 1 unspecified atom stereocenters. The van der Waals surface area contributed by atoms with Gasteiger partial charge in [-0.05, 0) is 61.1 Å². The van der Waals surface area contributed by atoms with Gasteiger partial charge in [0.25, 0.3) is 0 Å². The number of likely N-dealkylation sites (tertiary alicyclic amines) is 1. The fraction of sp³-hybridized carbons (Fsp3) is 0.409. The van der Waals surface area contributed by atoms with E-state index in [1.54, 1.807) is 17.3 Å². The summed E-state index contributed by atoms with van der Waals surface area (Å²) < 4.78 is 0. The molecule has 5 heteroatoms. The van der Waals surface area contributed by atoms with Gasteiger partial charge in [-0.25, -0.2) is 0 Å². The van der Waals surface area contributed by atoms with Crippen LogP contribution in [0.15, 0.2) is 42.7 Å². The highest BCUT2D eigenvalue weighted by Gasteiger charge is 2.22. The summed E-state index contributed by atoms with van der Waals surface area (Å²) in [7, 11) is 0. The third-order valence-corrected chi connectivity index (χ3v) is 5.21. The van der Waals surface area contributed by atoms with Gasteiger partial charge in [-0.3, -0.25) is 14.6 Å². The van der Waals surface area contributed by atoms with Gasteiger partial charge in [0.2, 0.25) is 11.8 Å². The number of amides is 2. The molecule has 1 aromatic heterocycles. The lowest BCUT2D eigenvalue weighted by atomic mass is 9.96. The second-order valence-electron chi connectivity index (χ2n) is 7.25. The Morgan fingerprint density at radius 2 is 1.85 bits per heavy atom. The summed E-state index contributed by atoms with van der Waals surface area (Å²) >= 11 is 0. The van der Waals surface area contributed by atoms with Crippen molar-refractivity contribution in [3.63, 3.8) is 0 Å². The third kappa shape index (κ3) is 4.94. The molecule has 1 fully saturated rings. The maximum Gasteiger partial charge on any atom is 0.240 e. The van der Waals surface area contributed by atoms with Gasteiger partial charge in [0.15, 0.2) is 0 Å². The van der Waals surface area contributed by atoms with Crippen LogP contribution in [0.3, 0.4) is 0 Å². The number of carbonyl (C=O) groups is 2. The summed E-state index contributed by atoms with van der Waals surface area (Å²) in [6.07, 6.45) is 6.93.